The van der Waals surface area contributed by atoms with Crippen LogP contribution >= 0.6 is 0 Å². The van der Waals surface area contributed by atoms with Gasteiger partial charge in [-0.2, -0.15) is 0 Å². The van der Waals surface area contributed by atoms with Gasteiger partial charge in [0.2, 0.25) is 5.76 Å². The fourth-order valence-electron chi connectivity index (χ4n) is 3.30. The molecule has 5 nitrogen and oxygen atoms in total. The first-order valence-electron chi connectivity index (χ1n) is 8.11. The van der Waals surface area contributed by atoms with Gasteiger partial charge in [-0.25, -0.2) is 4.98 Å². The minimum Gasteiger partial charge on any atom is -0.435 e. The Labute approximate surface area is 131 Å². The summed E-state index contributed by atoms with van der Waals surface area (Å²) in [7, 11) is 0. The molecule has 3 rings (SSSR count). The predicted molar refractivity (Wildman–Crippen MR) is 82.8 cm³/mol. The Morgan fingerprint density at radius 1 is 1.36 bits per heavy atom. The van der Waals surface area contributed by atoms with Crippen molar-refractivity contribution in [2.45, 2.75) is 52.1 Å². The van der Waals surface area contributed by atoms with Gasteiger partial charge in [0, 0.05) is 19.5 Å². The summed E-state index contributed by atoms with van der Waals surface area (Å²) in [4.78, 5) is 18.8. The second-order valence-corrected chi connectivity index (χ2v) is 6.32. The maximum atomic E-state index is 12.6. The van der Waals surface area contributed by atoms with Crippen LogP contribution in [0.5, 0.6) is 0 Å². The molecule has 1 amide bonds. The van der Waals surface area contributed by atoms with E-state index in [0.717, 1.165) is 25.9 Å². The molecular formula is C17H24N2O3. The Morgan fingerprint density at radius 2 is 2.09 bits per heavy atom. The van der Waals surface area contributed by atoms with Gasteiger partial charge >= 0.3 is 0 Å². The van der Waals surface area contributed by atoms with E-state index in [1.54, 1.807) is 0 Å². The van der Waals surface area contributed by atoms with E-state index in [2.05, 4.69) is 18.0 Å². The average Bonchev–Trinajstić information content (AvgIpc) is 2.88. The Balaban J connectivity index is 1.69. The average molecular weight is 304 g/mol. The van der Waals surface area contributed by atoms with Crippen LogP contribution in [0.4, 0.5) is 0 Å². The van der Waals surface area contributed by atoms with E-state index in [0.29, 0.717) is 36.9 Å². The molecule has 1 fully saturated rings. The number of aryl methyl sites for hydroxylation is 2. The minimum absolute atomic E-state index is 0.0453. The molecular weight excluding hydrogens is 280 g/mol. The van der Waals surface area contributed by atoms with Crippen LogP contribution in [0.3, 0.4) is 0 Å². The summed E-state index contributed by atoms with van der Waals surface area (Å²) in [5.41, 5.74) is 1.92. The number of aromatic nitrogens is 1. The molecule has 1 aromatic heterocycles. The van der Waals surface area contributed by atoms with Gasteiger partial charge in [0.05, 0.1) is 17.9 Å². The molecule has 2 aliphatic heterocycles. The summed E-state index contributed by atoms with van der Waals surface area (Å²) >= 11 is 0. The number of carbonyl (C=O) groups is 1. The van der Waals surface area contributed by atoms with Crippen molar-refractivity contribution in [2.75, 3.05) is 19.7 Å². The first-order valence-corrected chi connectivity index (χ1v) is 8.11. The quantitative estimate of drug-likeness (QED) is 0.788. The second kappa shape index (κ2) is 5.88. The van der Waals surface area contributed by atoms with Gasteiger partial charge in [-0.3, -0.25) is 4.79 Å². The summed E-state index contributed by atoms with van der Waals surface area (Å²) < 4.78 is 11.6. The van der Waals surface area contributed by atoms with Crippen molar-refractivity contribution in [3.63, 3.8) is 0 Å². The molecule has 2 aliphatic rings. The third kappa shape index (κ3) is 2.82. The molecule has 120 valence electrons. The lowest BCUT2D eigenvalue weighted by Crippen LogP contribution is -2.48. The van der Waals surface area contributed by atoms with Crippen LogP contribution in [0.25, 0.3) is 0 Å². The van der Waals surface area contributed by atoms with Crippen LogP contribution in [0.1, 0.15) is 55.2 Å². The van der Waals surface area contributed by atoms with Crippen LogP contribution < -0.4 is 0 Å². The van der Waals surface area contributed by atoms with Gasteiger partial charge < -0.3 is 14.1 Å². The molecule has 22 heavy (non-hydrogen) atoms. The van der Waals surface area contributed by atoms with Gasteiger partial charge in [0.25, 0.3) is 5.91 Å². The standard InChI is InChI=1S/C17H24N2O3/c1-4-14-18-13(3)15(22-14)16(20)19-8-6-17(7-9-19)11-12(2)5-10-21-17/h11H,4-10H2,1-3H3. The molecule has 0 saturated carbocycles. The van der Waals surface area contributed by atoms with E-state index < -0.39 is 0 Å². The lowest BCUT2D eigenvalue weighted by atomic mass is 9.87. The van der Waals surface area contributed by atoms with Crippen molar-refractivity contribution in [1.29, 1.82) is 0 Å². The van der Waals surface area contributed by atoms with Gasteiger partial charge in [-0.15, -0.1) is 0 Å². The first kappa shape index (κ1) is 15.3. The van der Waals surface area contributed by atoms with Crippen molar-refractivity contribution in [1.82, 2.24) is 9.88 Å². The van der Waals surface area contributed by atoms with E-state index in [9.17, 15) is 4.79 Å². The number of oxazole rings is 1. The van der Waals surface area contributed by atoms with Gasteiger partial charge in [-0.05, 0) is 33.1 Å². The van der Waals surface area contributed by atoms with Crippen LogP contribution in [-0.2, 0) is 11.2 Å². The summed E-state index contributed by atoms with van der Waals surface area (Å²) in [6.45, 7) is 8.15. The molecule has 0 aliphatic carbocycles. The van der Waals surface area contributed by atoms with E-state index in [1.165, 1.54) is 5.57 Å². The number of hydrogen-bond acceptors (Lipinski definition) is 4. The molecule has 0 radical (unpaired) electrons. The summed E-state index contributed by atoms with van der Waals surface area (Å²) in [6.07, 6.45) is 5.68. The number of ether oxygens (including phenoxy) is 1. The highest BCUT2D eigenvalue weighted by Gasteiger charge is 2.37. The summed E-state index contributed by atoms with van der Waals surface area (Å²) in [5, 5.41) is 0. The van der Waals surface area contributed by atoms with Crippen molar-refractivity contribution in [3.05, 3.63) is 29.0 Å². The Morgan fingerprint density at radius 3 is 2.68 bits per heavy atom. The Hall–Kier alpha value is -1.62. The number of likely N-dealkylation sites (tertiary alicyclic amines) is 1. The van der Waals surface area contributed by atoms with Gasteiger partial charge in [0.1, 0.15) is 0 Å². The van der Waals surface area contributed by atoms with Crippen molar-refractivity contribution in [2.24, 2.45) is 0 Å². The van der Waals surface area contributed by atoms with Gasteiger partial charge in [0.15, 0.2) is 5.89 Å². The molecule has 0 unspecified atom stereocenters. The SMILES string of the molecule is CCc1nc(C)c(C(=O)N2CCC3(C=C(C)CCO3)CC2)o1. The van der Waals surface area contributed by atoms with Crippen LogP contribution in [0, 0.1) is 6.92 Å². The maximum Gasteiger partial charge on any atom is 0.291 e. The van der Waals surface area contributed by atoms with Crippen LogP contribution in [0.2, 0.25) is 0 Å². The van der Waals surface area contributed by atoms with Crippen molar-refractivity contribution < 1.29 is 13.9 Å². The normalized spacial score (nSPS) is 21.0. The number of rotatable bonds is 2. The van der Waals surface area contributed by atoms with Crippen LogP contribution in [0.15, 0.2) is 16.1 Å². The zero-order valence-electron chi connectivity index (χ0n) is 13.6. The topological polar surface area (TPSA) is 55.6 Å². The number of nitrogens with zero attached hydrogens (tertiary/aromatic N) is 2. The fourth-order valence-corrected chi connectivity index (χ4v) is 3.30. The second-order valence-electron chi connectivity index (χ2n) is 6.32. The largest absolute Gasteiger partial charge is 0.435 e. The third-order valence-corrected chi connectivity index (χ3v) is 4.63. The predicted octanol–water partition coefficient (Wildman–Crippen LogP) is 2.89. The van der Waals surface area contributed by atoms with Crippen LogP contribution in [-0.4, -0.2) is 41.1 Å². The molecule has 0 bridgehead atoms. The highest BCUT2D eigenvalue weighted by atomic mass is 16.5. The molecule has 1 aromatic rings. The van der Waals surface area contributed by atoms with E-state index in [4.69, 9.17) is 9.15 Å². The summed E-state index contributed by atoms with van der Waals surface area (Å²) in [6, 6.07) is 0. The van der Waals surface area contributed by atoms with E-state index in [1.807, 2.05) is 18.7 Å². The highest BCUT2D eigenvalue weighted by Crippen LogP contribution is 2.33. The number of amides is 1. The zero-order valence-corrected chi connectivity index (χ0v) is 13.6. The molecule has 0 N–H and O–H groups in total. The van der Waals surface area contributed by atoms with E-state index in [-0.39, 0.29) is 11.5 Å². The molecule has 1 saturated heterocycles. The molecule has 3 heterocycles. The third-order valence-electron chi connectivity index (χ3n) is 4.63. The molecule has 0 aromatic carbocycles. The molecule has 0 atom stereocenters. The fraction of sp³-hybridized carbons (Fsp3) is 0.647. The lowest BCUT2D eigenvalue weighted by molar-refractivity contribution is -0.0525. The zero-order chi connectivity index (χ0) is 15.7. The monoisotopic (exact) mass is 304 g/mol. The first-order chi connectivity index (χ1) is 10.5. The minimum atomic E-state index is -0.163. The number of hydrogen-bond donors (Lipinski definition) is 0. The number of carbonyl (C=O) groups excluding carboxylic acids is 1. The lowest BCUT2D eigenvalue weighted by Gasteiger charge is -2.41. The smallest absolute Gasteiger partial charge is 0.291 e. The highest BCUT2D eigenvalue weighted by molar-refractivity contribution is 5.92. The molecule has 1 spiro atoms. The van der Waals surface area contributed by atoms with Gasteiger partial charge in [-0.1, -0.05) is 18.6 Å². The van der Waals surface area contributed by atoms with E-state index >= 15 is 0 Å². The Kier molecular flexibility index (Phi) is 4.08. The molecule has 5 heteroatoms. The maximum absolute atomic E-state index is 12.6. The number of piperidine rings is 1. The van der Waals surface area contributed by atoms with Crippen molar-refractivity contribution >= 4 is 5.91 Å². The Bertz CT molecular complexity index is 595. The summed E-state index contributed by atoms with van der Waals surface area (Å²) in [5.74, 6) is 0.976. The van der Waals surface area contributed by atoms with Crippen molar-refractivity contribution in [3.8, 4) is 0 Å².